The van der Waals surface area contributed by atoms with Gasteiger partial charge in [-0.2, -0.15) is 15.1 Å². The quantitative estimate of drug-likeness (QED) is 0.121. The Bertz CT molecular complexity index is 1960. The van der Waals surface area contributed by atoms with Crippen LogP contribution in [0.4, 0.5) is 11.4 Å². The number of H-pyrrole nitrogens is 1. The van der Waals surface area contributed by atoms with E-state index < -0.39 is 5.92 Å². The lowest BCUT2D eigenvalue weighted by Crippen LogP contribution is -2.49. The van der Waals surface area contributed by atoms with Gasteiger partial charge in [-0.25, -0.2) is 0 Å². The average molecular weight is 613 g/mol. The molecule has 2 heterocycles. The second-order valence-corrected chi connectivity index (χ2v) is 12.0. The fraction of sp³-hybridized carbons (Fsp3) is 0.216. The predicted molar refractivity (Wildman–Crippen MR) is 181 cm³/mol. The van der Waals surface area contributed by atoms with Crippen LogP contribution in [-0.2, 0) is 22.6 Å². The molecule has 2 amide bonds. The van der Waals surface area contributed by atoms with Crippen molar-refractivity contribution in [2.45, 2.75) is 39.8 Å². The maximum atomic E-state index is 14.7. The van der Waals surface area contributed by atoms with E-state index in [1.807, 2.05) is 118 Å². The van der Waals surface area contributed by atoms with E-state index in [0.29, 0.717) is 23.5 Å². The molecule has 6 rings (SSSR count). The summed E-state index contributed by atoms with van der Waals surface area (Å²) in [6, 6.07) is 32.3. The number of carbonyl (C=O) groups is 2. The Morgan fingerprint density at radius 3 is 2.48 bits per heavy atom. The molecule has 1 atom stereocenters. The molecule has 0 spiro atoms. The molecule has 5 aromatic rings. The summed E-state index contributed by atoms with van der Waals surface area (Å²) >= 11 is 0. The normalized spacial score (nSPS) is 14.8. The molecule has 1 unspecified atom stereocenters. The molecule has 0 saturated heterocycles. The fourth-order valence-electron chi connectivity index (χ4n) is 6.11. The van der Waals surface area contributed by atoms with Gasteiger partial charge in [0.1, 0.15) is 18.2 Å². The largest absolute Gasteiger partial charge is 0.334 e. The van der Waals surface area contributed by atoms with Crippen LogP contribution in [0, 0.1) is 18.3 Å². The Hall–Kier alpha value is -5.57. The highest BCUT2D eigenvalue weighted by molar-refractivity contribution is 6.14. The first kappa shape index (κ1) is 30.5. The van der Waals surface area contributed by atoms with Gasteiger partial charge in [0.25, 0.3) is 5.84 Å². The minimum Gasteiger partial charge on any atom is -0.334 e. The number of aryl methyl sites for hydroxylation is 1. The lowest BCUT2D eigenvalue weighted by atomic mass is 9.98. The molecule has 1 aliphatic rings. The van der Waals surface area contributed by atoms with Crippen LogP contribution in [0.1, 0.15) is 36.2 Å². The van der Waals surface area contributed by atoms with E-state index >= 15 is 0 Å². The minimum atomic E-state index is -0.891. The third-order valence-electron chi connectivity index (χ3n) is 8.48. The molecule has 1 aromatic heterocycles. The van der Waals surface area contributed by atoms with E-state index in [-0.39, 0.29) is 42.5 Å². The van der Waals surface area contributed by atoms with Crippen LogP contribution in [-0.4, -0.2) is 55.7 Å². The van der Waals surface area contributed by atoms with Crippen molar-refractivity contribution in [3.8, 4) is 0 Å². The van der Waals surface area contributed by atoms with Gasteiger partial charge in [0.15, 0.2) is 0 Å². The number of hydrogen-bond donors (Lipinski definition) is 3. The van der Waals surface area contributed by atoms with Gasteiger partial charge < -0.3 is 10.6 Å². The molecule has 4 N–H and O–H groups in total. The molecule has 9 nitrogen and oxygen atoms in total. The molecular formula is C37H38N7O2+. The Morgan fingerprint density at radius 1 is 1.00 bits per heavy atom. The molecule has 0 bridgehead atoms. The standard InChI is InChI=1S/C37H37N7O2/c1-24(2)42(22-26-13-11-12-25(3)20-26)34(45)23-43-32-18-9-10-19-33(32)44(35(38)27-14-5-4-6-15-27)36(39)29(37(43)46)21-31-28-16-7-8-17-30(28)40-41-31/h4-20,24,29,38-39H,21-23H2,1-3H3,(H,40,41)/p+1. The summed E-state index contributed by atoms with van der Waals surface area (Å²) in [6.07, 6.45) is 0.208. The number of carbonyl (C=O) groups excluding carboxylic acids is 2. The molecule has 0 radical (unpaired) electrons. The summed E-state index contributed by atoms with van der Waals surface area (Å²) in [5, 5.41) is 17.7. The van der Waals surface area contributed by atoms with Crippen LogP contribution < -0.4 is 10.6 Å². The zero-order valence-corrected chi connectivity index (χ0v) is 26.3. The number of nitrogens with one attached hydrogen (secondary N) is 2. The van der Waals surface area contributed by atoms with Crippen LogP contribution in [0.2, 0.25) is 0 Å². The Balaban J connectivity index is 1.45. The molecule has 0 saturated carbocycles. The topological polar surface area (TPSA) is 122 Å². The number of fused-ring (bicyclic) bond motifs is 2. The highest BCUT2D eigenvalue weighted by atomic mass is 16.2. The van der Waals surface area contributed by atoms with E-state index in [1.165, 1.54) is 4.90 Å². The number of aromatic amines is 1. The highest BCUT2D eigenvalue weighted by Gasteiger charge is 2.41. The highest BCUT2D eigenvalue weighted by Crippen LogP contribution is 2.35. The number of anilines is 1. The number of hydrogen-bond acceptors (Lipinski definition) is 5. The van der Waals surface area contributed by atoms with Gasteiger partial charge in [-0.1, -0.05) is 78.4 Å². The monoisotopic (exact) mass is 612 g/mol. The summed E-state index contributed by atoms with van der Waals surface area (Å²) in [7, 11) is 0. The van der Waals surface area contributed by atoms with Crippen molar-refractivity contribution in [3.63, 3.8) is 0 Å². The summed E-state index contributed by atoms with van der Waals surface area (Å²) < 4.78 is 1.64. The molecule has 9 heteroatoms. The summed E-state index contributed by atoms with van der Waals surface area (Å²) in [5.41, 5.74) is 12.4. The summed E-state index contributed by atoms with van der Waals surface area (Å²) in [5.74, 6) is -1.05. The Labute approximate surface area is 268 Å². The smallest absolute Gasteiger partial charge is 0.266 e. The number of benzene rings is 4. The molecule has 4 aromatic carbocycles. The van der Waals surface area contributed by atoms with Crippen LogP contribution in [0.3, 0.4) is 0 Å². The second kappa shape index (κ2) is 12.8. The molecule has 1 aliphatic heterocycles. The number of nitrogens with two attached hydrogens (primary N) is 1. The van der Waals surface area contributed by atoms with Gasteiger partial charge in [-0.15, -0.1) is 0 Å². The lowest BCUT2D eigenvalue weighted by molar-refractivity contribution is -0.309. The van der Waals surface area contributed by atoms with Crippen molar-refractivity contribution in [1.82, 2.24) is 15.1 Å². The van der Waals surface area contributed by atoms with Gasteiger partial charge in [0, 0.05) is 30.1 Å². The van der Waals surface area contributed by atoms with Crippen LogP contribution in [0.25, 0.3) is 10.9 Å². The van der Waals surface area contributed by atoms with Gasteiger partial charge in [-0.3, -0.25) is 19.6 Å². The second-order valence-electron chi connectivity index (χ2n) is 12.0. The van der Waals surface area contributed by atoms with Gasteiger partial charge in [0.05, 0.1) is 16.8 Å². The first-order chi connectivity index (χ1) is 22.2. The van der Waals surface area contributed by atoms with Crippen molar-refractivity contribution in [2.75, 3.05) is 11.4 Å². The third-order valence-corrected chi connectivity index (χ3v) is 8.48. The SMILES string of the molecule is Cc1cccc(CN(C(=O)CN2C(=O)C(Cc3[nH]nc4ccccc34)C(N)=[N+](C(=N)c3ccccc3)c3ccccc32)C(C)C)c1. The Morgan fingerprint density at radius 2 is 1.72 bits per heavy atom. The first-order valence-electron chi connectivity index (χ1n) is 15.5. The predicted octanol–water partition coefficient (Wildman–Crippen LogP) is 5.54. The van der Waals surface area contributed by atoms with E-state index in [2.05, 4.69) is 16.3 Å². The van der Waals surface area contributed by atoms with Crippen molar-refractivity contribution in [3.05, 3.63) is 126 Å². The number of amidine groups is 2. The van der Waals surface area contributed by atoms with Crippen molar-refractivity contribution in [2.24, 2.45) is 11.7 Å². The Kier molecular flexibility index (Phi) is 8.48. The van der Waals surface area contributed by atoms with Crippen LogP contribution >= 0.6 is 0 Å². The molecule has 0 fully saturated rings. The van der Waals surface area contributed by atoms with E-state index in [9.17, 15) is 15.0 Å². The average Bonchev–Trinajstić information content (AvgIpc) is 3.44. The van der Waals surface area contributed by atoms with Crippen LogP contribution in [0.15, 0.2) is 103 Å². The molecule has 46 heavy (non-hydrogen) atoms. The van der Waals surface area contributed by atoms with Gasteiger partial charge >= 0.3 is 0 Å². The summed E-state index contributed by atoms with van der Waals surface area (Å²) in [6.45, 7) is 6.23. The van der Waals surface area contributed by atoms with E-state index in [0.717, 1.165) is 27.7 Å². The van der Waals surface area contributed by atoms with Crippen molar-refractivity contribution < 1.29 is 14.2 Å². The van der Waals surface area contributed by atoms with Crippen molar-refractivity contribution >= 4 is 45.8 Å². The molecule has 0 aliphatic carbocycles. The number of amides is 2. The zero-order chi connectivity index (χ0) is 32.4. The number of aromatic nitrogens is 2. The summed E-state index contributed by atoms with van der Waals surface area (Å²) in [4.78, 5) is 32.2. The molecular weight excluding hydrogens is 574 g/mol. The van der Waals surface area contributed by atoms with Gasteiger partial charge in [0.2, 0.25) is 17.6 Å². The van der Waals surface area contributed by atoms with E-state index in [1.54, 1.807) is 9.48 Å². The third kappa shape index (κ3) is 5.91. The van der Waals surface area contributed by atoms with Gasteiger partial charge in [-0.05, 0) is 56.7 Å². The first-order valence-corrected chi connectivity index (χ1v) is 15.5. The molecule has 232 valence electrons. The van der Waals surface area contributed by atoms with E-state index in [4.69, 9.17) is 5.73 Å². The fourth-order valence-corrected chi connectivity index (χ4v) is 6.11. The number of nitrogens with zero attached hydrogens (tertiary/aromatic N) is 4. The van der Waals surface area contributed by atoms with Crippen LogP contribution in [0.5, 0.6) is 0 Å². The number of para-hydroxylation sites is 3. The van der Waals surface area contributed by atoms with Crippen molar-refractivity contribution in [1.29, 1.82) is 5.41 Å². The zero-order valence-electron chi connectivity index (χ0n) is 26.3. The maximum absolute atomic E-state index is 14.7. The number of rotatable bonds is 8. The maximum Gasteiger partial charge on any atom is 0.266 e. The minimum absolute atomic E-state index is 0.100. The lowest BCUT2D eigenvalue weighted by Gasteiger charge is -2.31.